The molecule has 8 nitrogen and oxygen atoms in total. The number of benzene rings is 2. The van der Waals surface area contributed by atoms with E-state index in [4.69, 9.17) is 4.52 Å². The zero-order chi connectivity index (χ0) is 25.4. The van der Waals surface area contributed by atoms with E-state index in [1.165, 1.54) is 4.31 Å². The summed E-state index contributed by atoms with van der Waals surface area (Å²) in [6.07, 6.45) is 0.00303. The number of hydrogen-bond donors (Lipinski definition) is 0. The first-order valence-corrected chi connectivity index (χ1v) is 13.2. The average molecular weight is 497 g/mol. The standard InChI is InChI=1S/C26H32N4O4S/c1-18-7-6-8-20(15-18)25-27-23(28-34-25)16-24(31)29-13-14-30(19(2)17-29)35(32,33)22-11-9-21(10-12-22)26(3,4)5/h6-12,15,19H,13-14,16-17H2,1-5H3/t19-/m0/s1. The lowest BCUT2D eigenvalue weighted by Gasteiger charge is -2.38. The molecule has 186 valence electrons. The van der Waals surface area contributed by atoms with Gasteiger partial charge in [-0.2, -0.15) is 9.29 Å². The molecule has 1 aliphatic rings. The third kappa shape index (κ3) is 5.46. The minimum absolute atomic E-state index is 0.00303. The van der Waals surface area contributed by atoms with E-state index < -0.39 is 10.0 Å². The van der Waals surface area contributed by atoms with Gasteiger partial charge in [0, 0.05) is 31.2 Å². The van der Waals surface area contributed by atoms with Crippen LogP contribution < -0.4 is 0 Å². The van der Waals surface area contributed by atoms with E-state index in [0.717, 1.165) is 16.7 Å². The Labute approximate surface area is 207 Å². The molecule has 1 atom stereocenters. The first-order valence-electron chi connectivity index (χ1n) is 11.7. The second kappa shape index (κ2) is 9.54. The van der Waals surface area contributed by atoms with E-state index >= 15 is 0 Å². The van der Waals surface area contributed by atoms with Crippen LogP contribution in [-0.2, 0) is 26.7 Å². The molecule has 3 aromatic rings. The van der Waals surface area contributed by atoms with Gasteiger partial charge in [0.1, 0.15) is 0 Å². The van der Waals surface area contributed by atoms with Gasteiger partial charge < -0.3 is 9.42 Å². The van der Waals surface area contributed by atoms with Gasteiger partial charge in [-0.15, -0.1) is 0 Å². The molecule has 0 unspecified atom stereocenters. The summed E-state index contributed by atoms with van der Waals surface area (Å²) in [5.74, 6) is 0.534. The lowest BCUT2D eigenvalue weighted by molar-refractivity contribution is -0.132. The smallest absolute Gasteiger partial charge is 0.257 e. The molecular weight excluding hydrogens is 464 g/mol. The van der Waals surface area contributed by atoms with E-state index in [0.29, 0.717) is 24.8 Å². The Morgan fingerprint density at radius 2 is 1.83 bits per heavy atom. The number of aryl methyl sites for hydroxylation is 1. The van der Waals surface area contributed by atoms with Crippen molar-refractivity contribution in [3.8, 4) is 11.5 Å². The van der Waals surface area contributed by atoms with Crippen LogP contribution in [0.3, 0.4) is 0 Å². The fourth-order valence-corrected chi connectivity index (χ4v) is 5.87. The number of amides is 1. The Bertz CT molecular complexity index is 1310. The molecule has 1 aromatic heterocycles. The Morgan fingerprint density at radius 1 is 1.11 bits per heavy atom. The van der Waals surface area contributed by atoms with E-state index in [9.17, 15) is 13.2 Å². The number of aromatic nitrogens is 2. The molecule has 0 aliphatic carbocycles. The summed E-state index contributed by atoms with van der Waals surface area (Å²) in [7, 11) is -3.66. The molecule has 9 heteroatoms. The van der Waals surface area contributed by atoms with E-state index in [2.05, 4.69) is 30.9 Å². The molecule has 2 aromatic carbocycles. The summed E-state index contributed by atoms with van der Waals surface area (Å²) in [5.41, 5.74) is 2.90. The molecule has 4 rings (SSSR count). The van der Waals surface area contributed by atoms with Crippen molar-refractivity contribution in [1.82, 2.24) is 19.3 Å². The maximum absolute atomic E-state index is 13.3. The predicted octanol–water partition coefficient (Wildman–Crippen LogP) is 3.81. The van der Waals surface area contributed by atoms with Crippen LogP contribution >= 0.6 is 0 Å². The van der Waals surface area contributed by atoms with Crippen LogP contribution in [0, 0.1) is 6.92 Å². The van der Waals surface area contributed by atoms with Crippen LogP contribution in [0.15, 0.2) is 57.9 Å². The van der Waals surface area contributed by atoms with E-state index in [-0.39, 0.29) is 35.2 Å². The van der Waals surface area contributed by atoms with Crippen LogP contribution in [0.1, 0.15) is 44.6 Å². The quantitative estimate of drug-likeness (QED) is 0.533. The first-order chi connectivity index (χ1) is 16.4. The number of hydrogen-bond acceptors (Lipinski definition) is 6. The number of piperazine rings is 1. The van der Waals surface area contributed by atoms with Crippen molar-refractivity contribution < 1.29 is 17.7 Å². The van der Waals surface area contributed by atoms with E-state index in [1.54, 1.807) is 17.0 Å². The lowest BCUT2D eigenvalue weighted by atomic mass is 9.87. The average Bonchev–Trinajstić information content (AvgIpc) is 3.27. The zero-order valence-corrected chi connectivity index (χ0v) is 21.7. The van der Waals surface area contributed by atoms with Gasteiger partial charge in [-0.05, 0) is 49.1 Å². The Kier molecular flexibility index (Phi) is 6.83. The summed E-state index contributed by atoms with van der Waals surface area (Å²) in [5, 5.41) is 3.95. The number of nitrogens with zero attached hydrogens (tertiary/aromatic N) is 4. The normalized spacial score (nSPS) is 17.5. The Balaban J connectivity index is 1.40. The van der Waals surface area contributed by atoms with Crippen molar-refractivity contribution in [2.24, 2.45) is 0 Å². The summed E-state index contributed by atoms with van der Waals surface area (Å²) in [6.45, 7) is 10.9. The Hall–Kier alpha value is -3.04. The molecular formula is C26H32N4O4S. The SMILES string of the molecule is Cc1cccc(-c2nc(CC(=O)N3CCN(S(=O)(=O)c4ccc(C(C)(C)C)cc4)[C@@H](C)C3)no2)c1. The van der Waals surface area contributed by atoms with Gasteiger partial charge in [0.2, 0.25) is 15.9 Å². The number of carbonyl (C=O) groups is 1. The molecule has 2 heterocycles. The van der Waals surface area contributed by atoms with Gasteiger partial charge >= 0.3 is 0 Å². The highest BCUT2D eigenvalue weighted by Gasteiger charge is 2.35. The first kappa shape index (κ1) is 25.1. The largest absolute Gasteiger partial charge is 0.339 e. The van der Waals surface area contributed by atoms with Gasteiger partial charge in [0.15, 0.2) is 5.82 Å². The van der Waals surface area contributed by atoms with Crippen molar-refractivity contribution in [2.75, 3.05) is 19.6 Å². The van der Waals surface area contributed by atoms with Crippen LogP contribution in [0.25, 0.3) is 11.5 Å². The van der Waals surface area contributed by atoms with Crippen molar-refractivity contribution in [3.63, 3.8) is 0 Å². The van der Waals surface area contributed by atoms with Crippen molar-refractivity contribution in [3.05, 3.63) is 65.5 Å². The number of sulfonamides is 1. The number of carbonyl (C=O) groups excluding carboxylic acids is 1. The van der Waals surface area contributed by atoms with Gasteiger partial charge in [-0.3, -0.25) is 4.79 Å². The maximum atomic E-state index is 13.3. The zero-order valence-electron chi connectivity index (χ0n) is 20.9. The monoisotopic (exact) mass is 496 g/mol. The molecule has 0 radical (unpaired) electrons. The minimum Gasteiger partial charge on any atom is -0.339 e. The highest BCUT2D eigenvalue weighted by molar-refractivity contribution is 7.89. The third-order valence-electron chi connectivity index (χ3n) is 6.29. The fourth-order valence-electron chi connectivity index (χ4n) is 4.26. The molecule has 0 bridgehead atoms. The van der Waals surface area contributed by atoms with Gasteiger partial charge in [0.25, 0.3) is 5.89 Å². The fraction of sp³-hybridized carbons (Fsp3) is 0.423. The molecule has 0 saturated carbocycles. The summed E-state index contributed by atoms with van der Waals surface area (Å²) in [6, 6.07) is 14.4. The summed E-state index contributed by atoms with van der Waals surface area (Å²) < 4.78 is 33.4. The van der Waals surface area contributed by atoms with Gasteiger partial charge in [-0.25, -0.2) is 8.42 Å². The third-order valence-corrected chi connectivity index (χ3v) is 8.32. The molecule has 35 heavy (non-hydrogen) atoms. The van der Waals surface area contributed by atoms with E-state index in [1.807, 2.05) is 50.2 Å². The number of rotatable bonds is 5. The topological polar surface area (TPSA) is 96.6 Å². The molecule has 0 spiro atoms. The van der Waals surface area contributed by atoms with Crippen molar-refractivity contribution >= 4 is 15.9 Å². The second-order valence-corrected chi connectivity index (χ2v) is 12.0. The van der Waals surface area contributed by atoms with Crippen LogP contribution in [0.2, 0.25) is 0 Å². The predicted molar refractivity (Wildman–Crippen MR) is 133 cm³/mol. The molecule has 1 amide bonds. The second-order valence-electron chi connectivity index (χ2n) is 10.1. The maximum Gasteiger partial charge on any atom is 0.257 e. The van der Waals surface area contributed by atoms with Crippen LogP contribution in [0.5, 0.6) is 0 Å². The summed E-state index contributed by atoms with van der Waals surface area (Å²) in [4.78, 5) is 19.2. The molecule has 1 aliphatic heterocycles. The molecule has 1 fully saturated rings. The summed E-state index contributed by atoms with van der Waals surface area (Å²) >= 11 is 0. The van der Waals surface area contributed by atoms with Crippen LogP contribution in [-0.4, -0.2) is 59.3 Å². The molecule has 0 N–H and O–H groups in total. The lowest BCUT2D eigenvalue weighted by Crippen LogP contribution is -2.55. The molecule has 1 saturated heterocycles. The minimum atomic E-state index is -3.66. The Morgan fingerprint density at radius 3 is 2.46 bits per heavy atom. The van der Waals surface area contributed by atoms with Crippen LogP contribution in [0.4, 0.5) is 0 Å². The van der Waals surface area contributed by atoms with Gasteiger partial charge in [0.05, 0.1) is 11.3 Å². The highest BCUT2D eigenvalue weighted by Crippen LogP contribution is 2.26. The highest BCUT2D eigenvalue weighted by atomic mass is 32.2. The van der Waals surface area contributed by atoms with Crippen molar-refractivity contribution in [2.45, 2.75) is 57.4 Å². The van der Waals surface area contributed by atoms with Gasteiger partial charge in [-0.1, -0.05) is 55.8 Å². The van der Waals surface area contributed by atoms with Crippen molar-refractivity contribution in [1.29, 1.82) is 0 Å².